The number of pyridine rings is 1. The predicted octanol–water partition coefficient (Wildman–Crippen LogP) is 2.51. The highest BCUT2D eigenvalue weighted by Gasteiger charge is 2.03. The first-order valence-corrected chi connectivity index (χ1v) is 5.95. The van der Waals surface area contributed by atoms with Crippen molar-refractivity contribution in [2.24, 2.45) is 0 Å². The summed E-state index contributed by atoms with van der Waals surface area (Å²) in [6, 6.07) is 3.86. The van der Waals surface area contributed by atoms with E-state index in [1.165, 1.54) is 0 Å². The van der Waals surface area contributed by atoms with Crippen molar-refractivity contribution in [2.45, 2.75) is 32.2 Å². The van der Waals surface area contributed by atoms with E-state index >= 15 is 0 Å². The van der Waals surface area contributed by atoms with E-state index in [0.717, 1.165) is 36.6 Å². The Bertz CT molecular complexity index is 331. The van der Waals surface area contributed by atoms with E-state index in [2.05, 4.69) is 17.2 Å². The number of methoxy groups -OCH3 is 1. The summed E-state index contributed by atoms with van der Waals surface area (Å²) < 4.78 is 5.19. The van der Waals surface area contributed by atoms with Gasteiger partial charge >= 0.3 is 0 Å². The lowest BCUT2D eigenvalue weighted by Crippen LogP contribution is -2.22. The van der Waals surface area contributed by atoms with Crippen LogP contribution in [0.25, 0.3) is 0 Å². The third kappa shape index (κ3) is 4.37. The highest BCUT2D eigenvalue weighted by Crippen LogP contribution is 2.13. The highest BCUT2D eigenvalue weighted by molar-refractivity contribution is 6.20. The fourth-order valence-corrected chi connectivity index (χ4v) is 1.52. The second-order valence-electron chi connectivity index (χ2n) is 3.78. The van der Waals surface area contributed by atoms with Crippen LogP contribution in [0.1, 0.15) is 24.7 Å². The van der Waals surface area contributed by atoms with Crippen molar-refractivity contribution in [3.8, 4) is 5.75 Å². The van der Waals surface area contributed by atoms with E-state index < -0.39 is 0 Å². The zero-order chi connectivity index (χ0) is 12.0. The van der Waals surface area contributed by atoms with Crippen LogP contribution < -0.4 is 10.1 Å². The molecule has 0 spiro atoms. The molecule has 0 saturated heterocycles. The molecule has 1 atom stereocenters. The Hall–Kier alpha value is -0.800. The summed E-state index contributed by atoms with van der Waals surface area (Å²) in [6.07, 6.45) is 0.971. The first-order valence-electron chi connectivity index (χ1n) is 5.52. The largest absolute Gasteiger partial charge is 0.497 e. The highest BCUT2D eigenvalue weighted by atomic mass is 35.5. The van der Waals surface area contributed by atoms with E-state index in [1.807, 2.05) is 19.1 Å². The minimum atomic E-state index is 0.187. The topological polar surface area (TPSA) is 34.1 Å². The Kier molecular flexibility index (Phi) is 5.56. The predicted molar refractivity (Wildman–Crippen MR) is 67.2 cm³/mol. The van der Waals surface area contributed by atoms with Gasteiger partial charge in [-0.1, -0.05) is 6.92 Å². The third-order valence-corrected chi connectivity index (χ3v) is 2.79. The van der Waals surface area contributed by atoms with Crippen molar-refractivity contribution in [1.82, 2.24) is 10.3 Å². The number of ether oxygens (including phenoxy) is 1. The molecule has 1 rings (SSSR count). The second kappa shape index (κ2) is 6.71. The van der Waals surface area contributed by atoms with Crippen molar-refractivity contribution in [3.05, 3.63) is 23.5 Å². The van der Waals surface area contributed by atoms with Gasteiger partial charge in [0.2, 0.25) is 0 Å². The molecule has 0 amide bonds. The van der Waals surface area contributed by atoms with E-state index in [0.29, 0.717) is 0 Å². The summed E-state index contributed by atoms with van der Waals surface area (Å²) >= 11 is 6.01. The normalized spacial score (nSPS) is 12.5. The number of nitrogens with zero attached hydrogens (tertiary/aromatic N) is 1. The Morgan fingerprint density at radius 3 is 2.88 bits per heavy atom. The Balaban J connectivity index is 2.50. The van der Waals surface area contributed by atoms with E-state index in [9.17, 15) is 0 Å². The zero-order valence-electron chi connectivity index (χ0n) is 10.1. The minimum absolute atomic E-state index is 0.187. The minimum Gasteiger partial charge on any atom is -0.497 e. The van der Waals surface area contributed by atoms with Crippen LogP contribution in [-0.4, -0.2) is 24.0 Å². The summed E-state index contributed by atoms with van der Waals surface area (Å²) in [6.45, 7) is 5.56. The maximum atomic E-state index is 6.01. The molecule has 0 aromatic carbocycles. The first kappa shape index (κ1) is 13.3. The number of aromatic nitrogens is 1. The SMILES string of the molecule is CCC(Cl)CNCc1cc(OC)cc(C)n1. The molecule has 4 heteroatoms. The van der Waals surface area contributed by atoms with Crippen LogP contribution >= 0.6 is 11.6 Å². The number of nitrogens with one attached hydrogen (secondary N) is 1. The lowest BCUT2D eigenvalue weighted by Gasteiger charge is -2.09. The van der Waals surface area contributed by atoms with Crippen LogP contribution in [0.5, 0.6) is 5.75 Å². The number of hydrogen-bond donors (Lipinski definition) is 1. The lowest BCUT2D eigenvalue weighted by molar-refractivity contribution is 0.412. The summed E-state index contributed by atoms with van der Waals surface area (Å²) in [5.74, 6) is 0.849. The maximum absolute atomic E-state index is 6.01. The van der Waals surface area contributed by atoms with Crippen LogP contribution in [0.2, 0.25) is 0 Å². The molecule has 0 aliphatic rings. The molecular formula is C12H19ClN2O. The van der Waals surface area contributed by atoms with Crippen LogP contribution in [0.15, 0.2) is 12.1 Å². The maximum Gasteiger partial charge on any atom is 0.122 e. The summed E-state index contributed by atoms with van der Waals surface area (Å²) in [5, 5.41) is 3.47. The van der Waals surface area contributed by atoms with Crippen LogP contribution in [0.4, 0.5) is 0 Å². The second-order valence-corrected chi connectivity index (χ2v) is 4.39. The molecule has 0 aliphatic carbocycles. The lowest BCUT2D eigenvalue weighted by atomic mass is 10.2. The summed E-state index contributed by atoms with van der Waals surface area (Å²) in [7, 11) is 1.66. The van der Waals surface area contributed by atoms with Crippen molar-refractivity contribution >= 4 is 11.6 Å². The average Bonchev–Trinajstić information content (AvgIpc) is 2.28. The van der Waals surface area contributed by atoms with Crippen molar-refractivity contribution in [3.63, 3.8) is 0 Å². The van der Waals surface area contributed by atoms with Gasteiger partial charge in [-0.3, -0.25) is 4.98 Å². The number of aryl methyl sites for hydroxylation is 1. The van der Waals surface area contributed by atoms with Gasteiger partial charge in [-0.15, -0.1) is 11.6 Å². The standard InChI is InChI=1S/C12H19ClN2O/c1-4-10(13)7-14-8-11-6-12(16-3)5-9(2)15-11/h5-6,10,14H,4,7-8H2,1-3H3. The Labute approximate surface area is 102 Å². The van der Waals surface area contributed by atoms with Gasteiger partial charge in [-0.2, -0.15) is 0 Å². The van der Waals surface area contributed by atoms with Crippen molar-refractivity contribution in [1.29, 1.82) is 0 Å². The fourth-order valence-electron chi connectivity index (χ4n) is 1.41. The van der Waals surface area contributed by atoms with E-state index in [4.69, 9.17) is 16.3 Å². The van der Waals surface area contributed by atoms with Gasteiger partial charge in [0.1, 0.15) is 5.75 Å². The molecule has 0 aliphatic heterocycles. The zero-order valence-corrected chi connectivity index (χ0v) is 10.8. The van der Waals surface area contributed by atoms with Crippen LogP contribution in [0, 0.1) is 6.92 Å². The van der Waals surface area contributed by atoms with E-state index in [1.54, 1.807) is 7.11 Å². The molecule has 3 nitrogen and oxygen atoms in total. The van der Waals surface area contributed by atoms with Gasteiger partial charge in [-0.05, 0) is 13.3 Å². The number of hydrogen-bond acceptors (Lipinski definition) is 3. The molecular weight excluding hydrogens is 224 g/mol. The van der Waals surface area contributed by atoms with Gasteiger partial charge in [0.25, 0.3) is 0 Å². The molecule has 0 bridgehead atoms. The van der Waals surface area contributed by atoms with Gasteiger partial charge in [0.15, 0.2) is 0 Å². The van der Waals surface area contributed by atoms with Crippen LogP contribution in [0.3, 0.4) is 0 Å². The summed E-state index contributed by atoms with van der Waals surface area (Å²) in [5.41, 5.74) is 1.95. The fraction of sp³-hybridized carbons (Fsp3) is 0.583. The van der Waals surface area contributed by atoms with E-state index in [-0.39, 0.29) is 5.38 Å². The molecule has 1 aromatic rings. The molecule has 90 valence electrons. The van der Waals surface area contributed by atoms with Gasteiger partial charge < -0.3 is 10.1 Å². The van der Waals surface area contributed by atoms with Gasteiger partial charge in [-0.25, -0.2) is 0 Å². The molecule has 16 heavy (non-hydrogen) atoms. The number of rotatable bonds is 6. The Morgan fingerprint density at radius 2 is 2.25 bits per heavy atom. The van der Waals surface area contributed by atoms with Crippen molar-refractivity contribution < 1.29 is 4.74 Å². The molecule has 1 unspecified atom stereocenters. The van der Waals surface area contributed by atoms with Crippen LogP contribution in [-0.2, 0) is 6.54 Å². The van der Waals surface area contributed by atoms with Gasteiger partial charge in [0, 0.05) is 36.3 Å². The van der Waals surface area contributed by atoms with Crippen molar-refractivity contribution in [2.75, 3.05) is 13.7 Å². The monoisotopic (exact) mass is 242 g/mol. The smallest absolute Gasteiger partial charge is 0.122 e. The number of halogens is 1. The third-order valence-electron chi connectivity index (χ3n) is 2.33. The first-order chi connectivity index (χ1) is 7.65. The molecule has 0 saturated carbocycles. The molecule has 0 radical (unpaired) electrons. The molecule has 1 aromatic heterocycles. The average molecular weight is 243 g/mol. The quantitative estimate of drug-likeness (QED) is 0.779. The van der Waals surface area contributed by atoms with Gasteiger partial charge in [0.05, 0.1) is 12.8 Å². The molecule has 1 heterocycles. The summed E-state index contributed by atoms with van der Waals surface area (Å²) in [4.78, 5) is 4.42. The number of alkyl halides is 1. The molecule has 0 fully saturated rings. The Morgan fingerprint density at radius 1 is 1.50 bits per heavy atom. The molecule has 1 N–H and O–H groups in total.